The molecule has 2 aromatic carbocycles. The number of thioether (sulfide) groups is 1. The number of halogens is 2. The maximum Gasteiger partial charge on any atom is 0.230 e. The molecule has 3 aromatic rings. The van der Waals surface area contributed by atoms with Crippen LogP contribution in [0.2, 0.25) is 10.0 Å². The summed E-state index contributed by atoms with van der Waals surface area (Å²) in [4.78, 5) is 21.4. The summed E-state index contributed by atoms with van der Waals surface area (Å²) in [5.41, 5.74) is 2.41. The summed E-state index contributed by atoms with van der Waals surface area (Å²) in [7, 11) is 0. The maximum atomic E-state index is 12.2. The zero-order valence-corrected chi connectivity index (χ0v) is 19.4. The summed E-state index contributed by atoms with van der Waals surface area (Å²) < 4.78 is 1.92. The molecular weight excluding hydrogens is 457 g/mol. The van der Waals surface area contributed by atoms with E-state index < -0.39 is 0 Å². The molecule has 0 atom stereocenters. The minimum atomic E-state index is 0.0908. The number of carbonyl (C=O) groups is 1. The zero-order chi connectivity index (χ0) is 20.9. The standard InChI is InChI=1S/C22H21Cl2N3OS2/c23-17-7-4-8-18(24)16(17)12-25-15-9-10-19-20(11-15)30-22(27-19)29-13-21(28)26-14-5-2-1-3-6-14/h4,7-12,14H,1-3,5-6,13H2,(H,26,28). The Labute approximate surface area is 194 Å². The summed E-state index contributed by atoms with van der Waals surface area (Å²) in [6.45, 7) is 0. The molecule has 0 unspecified atom stereocenters. The van der Waals surface area contributed by atoms with Crippen LogP contribution in [0.3, 0.4) is 0 Å². The number of aromatic nitrogens is 1. The maximum absolute atomic E-state index is 12.2. The number of thiazole rings is 1. The average molecular weight is 478 g/mol. The Balaban J connectivity index is 1.40. The molecule has 1 heterocycles. The van der Waals surface area contributed by atoms with Gasteiger partial charge in [-0.15, -0.1) is 11.3 Å². The molecule has 1 aliphatic carbocycles. The van der Waals surface area contributed by atoms with Gasteiger partial charge in [0.25, 0.3) is 0 Å². The second-order valence-corrected chi connectivity index (χ2v) is 10.3. The van der Waals surface area contributed by atoms with Gasteiger partial charge in [-0.05, 0) is 43.2 Å². The molecule has 8 heteroatoms. The van der Waals surface area contributed by atoms with Crippen molar-refractivity contribution in [2.45, 2.75) is 42.5 Å². The highest BCUT2D eigenvalue weighted by atomic mass is 35.5. The number of fused-ring (bicyclic) bond motifs is 1. The Morgan fingerprint density at radius 2 is 1.97 bits per heavy atom. The summed E-state index contributed by atoms with van der Waals surface area (Å²) >= 11 is 15.5. The molecule has 156 valence electrons. The van der Waals surface area contributed by atoms with E-state index in [9.17, 15) is 4.79 Å². The second-order valence-electron chi connectivity index (χ2n) is 7.22. The molecule has 4 rings (SSSR count). The monoisotopic (exact) mass is 477 g/mol. The van der Waals surface area contributed by atoms with E-state index in [1.165, 1.54) is 31.0 Å². The molecule has 1 N–H and O–H groups in total. The molecule has 0 bridgehead atoms. The van der Waals surface area contributed by atoms with E-state index in [0.29, 0.717) is 27.4 Å². The highest BCUT2D eigenvalue weighted by molar-refractivity contribution is 8.01. The van der Waals surface area contributed by atoms with Gasteiger partial charge in [0.15, 0.2) is 4.34 Å². The number of rotatable bonds is 6. The molecule has 0 spiro atoms. The van der Waals surface area contributed by atoms with Crippen molar-refractivity contribution < 1.29 is 4.79 Å². The molecule has 1 saturated carbocycles. The molecular formula is C22H21Cl2N3OS2. The van der Waals surface area contributed by atoms with Gasteiger partial charge in [0, 0.05) is 17.8 Å². The van der Waals surface area contributed by atoms with Gasteiger partial charge in [-0.1, -0.05) is 60.3 Å². The average Bonchev–Trinajstić information content (AvgIpc) is 3.15. The van der Waals surface area contributed by atoms with Crippen LogP contribution < -0.4 is 5.32 Å². The van der Waals surface area contributed by atoms with Crippen molar-refractivity contribution in [3.05, 3.63) is 52.0 Å². The van der Waals surface area contributed by atoms with Crippen molar-refractivity contribution in [3.63, 3.8) is 0 Å². The lowest BCUT2D eigenvalue weighted by Gasteiger charge is -2.22. The lowest BCUT2D eigenvalue weighted by atomic mass is 9.95. The van der Waals surface area contributed by atoms with Crippen LogP contribution in [0.25, 0.3) is 10.2 Å². The van der Waals surface area contributed by atoms with Crippen LogP contribution in [0.5, 0.6) is 0 Å². The number of amides is 1. The van der Waals surface area contributed by atoms with Crippen LogP contribution in [0.1, 0.15) is 37.7 Å². The Morgan fingerprint density at radius 3 is 2.73 bits per heavy atom. The van der Waals surface area contributed by atoms with Gasteiger partial charge < -0.3 is 5.32 Å². The summed E-state index contributed by atoms with van der Waals surface area (Å²) in [6, 6.07) is 11.6. The summed E-state index contributed by atoms with van der Waals surface area (Å²) in [5, 5.41) is 4.28. The van der Waals surface area contributed by atoms with Crippen LogP contribution in [0, 0.1) is 0 Å². The lowest BCUT2D eigenvalue weighted by Crippen LogP contribution is -2.37. The van der Waals surface area contributed by atoms with Crippen LogP contribution in [0.4, 0.5) is 5.69 Å². The SMILES string of the molecule is O=C(CSc1nc2ccc(N=Cc3c(Cl)cccc3Cl)cc2s1)NC1CCCCC1. The molecule has 1 fully saturated rings. The minimum absolute atomic E-state index is 0.0908. The van der Waals surface area contributed by atoms with Gasteiger partial charge in [0.2, 0.25) is 5.91 Å². The first-order valence-corrected chi connectivity index (χ1v) is 12.4. The number of nitrogens with one attached hydrogen (secondary N) is 1. The first-order valence-electron chi connectivity index (χ1n) is 9.89. The first-order chi connectivity index (χ1) is 14.6. The molecule has 1 aromatic heterocycles. The third-order valence-corrected chi connectivity index (χ3v) is 7.81. The van der Waals surface area contributed by atoms with Crippen molar-refractivity contribution in [3.8, 4) is 0 Å². The number of hydrogen-bond donors (Lipinski definition) is 1. The Kier molecular flexibility index (Phi) is 7.31. The summed E-state index contributed by atoms with van der Waals surface area (Å²) in [5.74, 6) is 0.486. The second kappa shape index (κ2) is 10.1. The van der Waals surface area contributed by atoms with Gasteiger partial charge in [-0.3, -0.25) is 9.79 Å². The number of nitrogens with zero attached hydrogens (tertiary/aromatic N) is 2. The molecule has 1 amide bonds. The van der Waals surface area contributed by atoms with Crippen molar-refractivity contribution in [2.75, 3.05) is 5.75 Å². The van der Waals surface area contributed by atoms with Gasteiger partial charge in [-0.25, -0.2) is 4.98 Å². The van der Waals surface area contributed by atoms with Gasteiger partial charge in [0.05, 0.1) is 31.7 Å². The van der Waals surface area contributed by atoms with Crippen LogP contribution in [0.15, 0.2) is 45.7 Å². The quantitative estimate of drug-likeness (QED) is 0.310. The zero-order valence-electron chi connectivity index (χ0n) is 16.2. The van der Waals surface area contributed by atoms with E-state index in [1.807, 2.05) is 18.2 Å². The van der Waals surface area contributed by atoms with Gasteiger partial charge >= 0.3 is 0 Å². The van der Waals surface area contributed by atoms with Gasteiger partial charge in [0.1, 0.15) is 0 Å². The number of hydrogen-bond acceptors (Lipinski definition) is 5. The van der Waals surface area contributed by atoms with Crippen molar-refractivity contribution in [1.82, 2.24) is 10.3 Å². The number of aliphatic imine (C=N–C) groups is 1. The molecule has 30 heavy (non-hydrogen) atoms. The molecule has 0 radical (unpaired) electrons. The van der Waals surface area contributed by atoms with Crippen molar-refractivity contribution in [2.24, 2.45) is 4.99 Å². The van der Waals surface area contributed by atoms with Crippen LogP contribution in [-0.2, 0) is 4.79 Å². The summed E-state index contributed by atoms with van der Waals surface area (Å²) in [6.07, 6.45) is 7.58. The minimum Gasteiger partial charge on any atom is -0.353 e. The predicted molar refractivity (Wildman–Crippen MR) is 129 cm³/mol. The van der Waals surface area contributed by atoms with E-state index in [-0.39, 0.29) is 5.91 Å². The smallest absolute Gasteiger partial charge is 0.230 e. The fourth-order valence-electron chi connectivity index (χ4n) is 3.45. The van der Waals surface area contributed by atoms with E-state index >= 15 is 0 Å². The van der Waals surface area contributed by atoms with E-state index in [2.05, 4.69) is 15.3 Å². The van der Waals surface area contributed by atoms with E-state index in [0.717, 1.165) is 33.1 Å². The Bertz CT molecular complexity index is 1060. The van der Waals surface area contributed by atoms with Gasteiger partial charge in [-0.2, -0.15) is 0 Å². The van der Waals surface area contributed by atoms with Crippen LogP contribution >= 0.6 is 46.3 Å². The largest absolute Gasteiger partial charge is 0.353 e. The third-order valence-electron chi connectivity index (χ3n) is 4.99. The first kappa shape index (κ1) is 21.6. The molecule has 1 aliphatic rings. The topological polar surface area (TPSA) is 54.4 Å². The predicted octanol–water partition coefficient (Wildman–Crippen LogP) is 6.89. The highest BCUT2D eigenvalue weighted by Gasteiger charge is 2.16. The fraction of sp³-hybridized carbons (Fsp3) is 0.318. The Morgan fingerprint density at radius 1 is 1.20 bits per heavy atom. The van der Waals surface area contributed by atoms with Crippen molar-refractivity contribution >= 4 is 74.3 Å². The fourth-order valence-corrected chi connectivity index (χ4v) is 5.86. The normalized spacial score (nSPS) is 15.1. The third kappa shape index (κ3) is 5.55. The number of benzene rings is 2. The Hall–Kier alpha value is -1.60. The molecule has 0 aliphatic heterocycles. The molecule has 4 nitrogen and oxygen atoms in total. The van der Waals surface area contributed by atoms with E-state index in [4.69, 9.17) is 23.2 Å². The molecule has 0 saturated heterocycles. The highest BCUT2D eigenvalue weighted by Crippen LogP contribution is 2.32. The van der Waals surface area contributed by atoms with Crippen LogP contribution in [-0.4, -0.2) is 28.9 Å². The van der Waals surface area contributed by atoms with Crippen molar-refractivity contribution in [1.29, 1.82) is 0 Å². The lowest BCUT2D eigenvalue weighted by molar-refractivity contribution is -0.119. The van der Waals surface area contributed by atoms with E-state index in [1.54, 1.807) is 35.8 Å². The number of carbonyl (C=O) groups excluding carboxylic acids is 1.